The highest BCUT2D eigenvalue weighted by Gasteiger charge is 2.15. The predicted octanol–water partition coefficient (Wildman–Crippen LogP) is 1.53. The minimum absolute atomic E-state index is 0.0905. The van der Waals surface area contributed by atoms with E-state index in [4.69, 9.17) is 9.47 Å². The molecule has 0 aliphatic carbocycles. The van der Waals surface area contributed by atoms with Crippen LogP contribution in [0.4, 0.5) is 0 Å². The molecular weight excluding hydrogens is 156 g/mol. The Hall–Kier alpha value is -0.830. The Balaban J connectivity index is 3.68. The van der Waals surface area contributed by atoms with Crippen LogP contribution in [0.1, 0.15) is 20.8 Å². The minimum Gasteiger partial charge on any atom is -0.461 e. The van der Waals surface area contributed by atoms with E-state index in [2.05, 4.69) is 6.58 Å². The molecule has 0 saturated heterocycles. The molecule has 0 fully saturated rings. The lowest BCUT2D eigenvalue weighted by Gasteiger charge is -2.13. The van der Waals surface area contributed by atoms with Gasteiger partial charge in [-0.25, -0.2) is 4.79 Å². The number of hydrogen-bond acceptors (Lipinski definition) is 3. The Morgan fingerprint density at radius 2 is 2.08 bits per heavy atom. The van der Waals surface area contributed by atoms with E-state index in [0.717, 1.165) is 0 Å². The van der Waals surface area contributed by atoms with Crippen molar-refractivity contribution in [1.29, 1.82) is 0 Å². The predicted molar refractivity (Wildman–Crippen MR) is 46.8 cm³/mol. The van der Waals surface area contributed by atoms with Crippen molar-refractivity contribution in [3.05, 3.63) is 12.7 Å². The molecule has 0 aromatic heterocycles. The lowest BCUT2D eigenvalue weighted by atomic mass is 10.4. The van der Waals surface area contributed by atoms with Gasteiger partial charge < -0.3 is 9.47 Å². The van der Waals surface area contributed by atoms with Gasteiger partial charge in [0.15, 0.2) is 6.10 Å². The SMILES string of the molecule is C=CCOC(C)C(=O)OC(C)C. The molecule has 0 amide bonds. The average molecular weight is 172 g/mol. The second-order valence-corrected chi connectivity index (χ2v) is 2.75. The van der Waals surface area contributed by atoms with Crippen molar-refractivity contribution >= 4 is 5.97 Å². The smallest absolute Gasteiger partial charge is 0.335 e. The highest BCUT2D eigenvalue weighted by atomic mass is 16.6. The molecule has 12 heavy (non-hydrogen) atoms. The summed E-state index contributed by atoms with van der Waals surface area (Å²) in [7, 11) is 0. The summed E-state index contributed by atoms with van der Waals surface area (Å²) in [6, 6.07) is 0. The first-order valence-electron chi connectivity index (χ1n) is 4.01. The van der Waals surface area contributed by atoms with Crippen molar-refractivity contribution < 1.29 is 14.3 Å². The molecule has 3 heteroatoms. The van der Waals surface area contributed by atoms with Gasteiger partial charge in [0.2, 0.25) is 0 Å². The van der Waals surface area contributed by atoms with E-state index in [-0.39, 0.29) is 12.1 Å². The first-order chi connectivity index (χ1) is 5.57. The Kier molecular flexibility index (Phi) is 5.37. The average Bonchev–Trinajstić information content (AvgIpc) is 1.98. The van der Waals surface area contributed by atoms with Crippen LogP contribution >= 0.6 is 0 Å². The number of carbonyl (C=O) groups is 1. The number of carbonyl (C=O) groups excluding carboxylic acids is 1. The molecular formula is C9H16O3. The monoisotopic (exact) mass is 172 g/mol. The largest absolute Gasteiger partial charge is 0.461 e. The fourth-order valence-corrected chi connectivity index (χ4v) is 0.609. The van der Waals surface area contributed by atoms with E-state index in [0.29, 0.717) is 6.61 Å². The van der Waals surface area contributed by atoms with Gasteiger partial charge in [0.25, 0.3) is 0 Å². The molecule has 0 heterocycles. The summed E-state index contributed by atoms with van der Waals surface area (Å²) in [6.07, 6.45) is 0.997. The number of hydrogen-bond donors (Lipinski definition) is 0. The zero-order chi connectivity index (χ0) is 9.56. The van der Waals surface area contributed by atoms with Crippen molar-refractivity contribution in [1.82, 2.24) is 0 Å². The zero-order valence-electron chi connectivity index (χ0n) is 7.87. The van der Waals surface area contributed by atoms with Crippen molar-refractivity contribution in [2.24, 2.45) is 0 Å². The van der Waals surface area contributed by atoms with Crippen LogP contribution in [0.15, 0.2) is 12.7 Å². The van der Waals surface area contributed by atoms with Crippen LogP contribution in [-0.4, -0.2) is 24.8 Å². The van der Waals surface area contributed by atoms with Gasteiger partial charge in [-0.1, -0.05) is 6.08 Å². The standard InChI is InChI=1S/C9H16O3/c1-5-6-11-8(4)9(10)12-7(2)3/h5,7-8H,1,6H2,2-4H3. The van der Waals surface area contributed by atoms with Crippen LogP contribution in [0, 0.1) is 0 Å². The van der Waals surface area contributed by atoms with Gasteiger partial charge in [-0.2, -0.15) is 0 Å². The van der Waals surface area contributed by atoms with E-state index in [1.54, 1.807) is 26.8 Å². The second kappa shape index (κ2) is 5.77. The van der Waals surface area contributed by atoms with Gasteiger partial charge in [-0.15, -0.1) is 6.58 Å². The number of ether oxygens (including phenoxy) is 2. The lowest BCUT2D eigenvalue weighted by Crippen LogP contribution is -2.25. The van der Waals surface area contributed by atoms with E-state index < -0.39 is 6.10 Å². The summed E-state index contributed by atoms with van der Waals surface area (Å²) >= 11 is 0. The molecule has 0 aromatic carbocycles. The molecule has 0 bridgehead atoms. The third kappa shape index (κ3) is 4.91. The molecule has 1 unspecified atom stereocenters. The molecule has 0 saturated carbocycles. The Morgan fingerprint density at radius 3 is 2.50 bits per heavy atom. The van der Waals surface area contributed by atoms with Crippen LogP contribution in [-0.2, 0) is 14.3 Å². The Morgan fingerprint density at radius 1 is 1.50 bits per heavy atom. The van der Waals surface area contributed by atoms with Crippen LogP contribution in [0.25, 0.3) is 0 Å². The molecule has 0 rings (SSSR count). The van der Waals surface area contributed by atoms with Crippen LogP contribution in [0.5, 0.6) is 0 Å². The summed E-state index contributed by atoms with van der Waals surface area (Å²) in [4.78, 5) is 11.1. The summed E-state index contributed by atoms with van der Waals surface area (Å²) in [6.45, 7) is 9.11. The summed E-state index contributed by atoms with van der Waals surface area (Å²) in [5.41, 5.74) is 0. The first kappa shape index (κ1) is 11.2. The van der Waals surface area contributed by atoms with E-state index in [1.807, 2.05) is 0 Å². The first-order valence-corrected chi connectivity index (χ1v) is 4.01. The van der Waals surface area contributed by atoms with Crippen molar-refractivity contribution in [3.63, 3.8) is 0 Å². The van der Waals surface area contributed by atoms with Crippen LogP contribution < -0.4 is 0 Å². The normalized spacial score (nSPS) is 12.7. The number of esters is 1. The minimum atomic E-state index is -0.509. The maximum Gasteiger partial charge on any atom is 0.335 e. The maximum absolute atomic E-state index is 11.1. The third-order valence-corrected chi connectivity index (χ3v) is 1.15. The van der Waals surface area contributed by atoms with E-state index in [9.17, 15) is 4.79 Å². The van der Waals surface area contributed by atoms with Gasteiger partial charge in [0.1, 0.15) is 0 Å². The van der Waals surface area contributed by atoms with Gasteiger partial charge >= 0.3 is 5.97 Å². The lowest BCUT2D eigenvalue weighted by molar-refractivity contribution is -0.159. The molecule has 70 valence electrons. The second-order valence-electron chi connectivity index (χ2n) is 2.75. The highest BCUT2D eigenvalue weighted by molar-refractivity contribution is 5.74. The molecule has 0 spiro atoms. The van der Waals surface area contributed by atoms with Gasteiger partial charge in [-0.3, -0.25) is 0 Å². The summed E-state index contributed by atoms with van der Waals surface area (Å²) < 4.78 is 9.97. The number of rotatable bonds is 5. The van der Waals surface area contributed by atoms with Gasteiger partial charge in [-0.05, 0) is 20.8 Å². The highest BCUT2D eigenvalue weighted by Crippen LogP contribution is 1.98. The van der Waals surface area contributed by atoms with Gasteiger partial charge in [0.05, 0.1) is 12.7 Å². The zero-order valence-corrected chi connectivity index (χ0v) is 7.87. The van der Waals surface area contributed by atoms with E-state index >= 15 is 0 Å². The van der Waals surface area contributed by atoms with Crippen LogP contribution in [0.3, 0.4) is 0 Å². The van der Waals surface area contributed by atoms with Gasteiger partial charge in [0, 0.05) is 0 Å². The molecule has 1 atom stereocenters. The fraction of sp³-hybridized carbons (Fsp3) is 0.667. The summed E-state index contributed by atoms with van der Waals surface area (Å²) in [5.74, 6) is -0.327. The molecule has 0 aliphatic rings. The molecule has 0 aromatic rings. The van der Waals surface area contributed by atoms with E-state index in [1.165, 1.54) is 0 Å². The summed E-state index contributed by atoms with van der Waals surface area (Å²) in [5, 5.41) is 0. The Bertz CT molecular complexity index is 152. The third-order valence-electron chi connectivity index (χ3n) is 1.15. The fourth-order valence-electron chi connectivity index (χ4n) is 0.609. The topological polar surface area (TPSA) is 35.5 Å². The maximum atomic E-state index is 11.1. The quantitative estimate of drug-likeness (QED) is 0.466. The van der Waals surface area contributed by atoms with Crippen molar-refractivity contribution in [2.75, 3.05) is 6.61 Å². The molecule has 0 N–H and O–H groups in total. The molecule has 3 nitrogen and oxygen atoms in total. The molecule has 0 aliphatic heterocycles. The van der Waals surface area contributed by atoms with Crippen molar-refractivity contribution in [2.45, 2.75) is 33.0 Å². The van der Waals surface area contributed by atoms with Crippen LogP contribution in [0.2, 0.25) is 0 Å². The van der Waals surface area contributed by atoms with Crippen molar-refractivity contribution in [3.8, 4) is 0 Å². The Labute approximate surface area is 73.4 Å². The molecule has 0 radical (unpaired) electrons.